The molecule has 3 aliphatic rings. The molecule has 6 rings (SSSR count). The van der Waals surface area contributed by atoms with E-state index in [0.29, 0.717) is 25.9 Å². The third-order valence-electron chi connectivity index (χ3n) is 7.97. The van der Waals surface area contributed by atoms with Crippen LogP contribution in [0.2, 0.25) is 0 Å². The maximum Gasteiger partial charge on any atom is 0.247 e. The zero-order chi connectivity index (χ0) is 21.2. The van der Waals surface area contributed by atoms with Gasteiger partial charge in [0, 0.05) is 47.9 Å². The van der Waals surface area contributed by atoms with Gasteiger partial charge in [-0.3, -0.25) is 14.6 Å². The summed E-state index contributed by atoms with van der Waals surface area (Å²) in [6.45, 7) is 2.08. The van der Waals surface area contributed by atoms with Crippen molar-refractivity contribution in [1.29, 1.82) is 0 Å². The first kappa shape index (κ1) is 19.3. The van der Waals surface area contributed by atoms with E-state index in [9.17, 15) is 13.9 Å². The topological polar surface area (TPSA) is 54.2 Å². The molecule has 2 aliphatic heterocycles. The second kappa shape index (κ2) is 6.81. The van der Waals surface area contributed by atoms with Crippen LogP contribution >= 0.6 is 0 Å². The fourth-order valence-corrected chi connectivity index (χ4v) is 5.88. The molecule has 0 bridgehead atoms. The molecule has 2 unspecified atom stereocenters. The van der Waals surface area contributed by atoms with Crippen molar-refractivity contribution in [3.63, 3.8) is 0 Å². The number of aromatic nitrogens is 3. The summed E-state index contributed by atoms with van der Waals surface area (Å²) in [5.41, 5.74) is 2.63. The number of likely N-dealkylation sites (tertiary alicyclic amines) is 1. The zero-order valence-electron chi connectivity index (χ0n) is 17.3. The zero-order valence-corrected chi connectivity index (χ0v) is 17.3. The fraction of sp³-hybridized carbons (Fsp3) is 0.500. The van der Waals surface area contributed by atoms with E-state index in [1.54, 1.807) is 0 Å². The Morgan fingerprint density at radius 1 is 1.03 bits per heavy atom. The lowest BCUT2D eigenvalue weighted by Gasteiger charge is -2.47. The quantitative estimate of drug-likeness (QED) is 0.682. The summed E-state index contributed by atoms with van der Waals surface area (Å²) in [7, 11) is 0. The van der Waals surface area contributed by atoms with Crippen LogP contribution in [0.1, 0.15) is 37.8 Å². The molecule has 1 N–H and O–H groups in total. The van der Waals surface area contributed by atoms with Crippen molar-refractivity contribution in [2.24, 2.45) is 5.41 Å². The number of aryl methyl sites for hydroxylation is 1. The van der Waals surface area contributed by atoms with E-state index in [1.165, 1.54) is 0 Å². The van der Waals surface area contributed by atoms with Gasteiger partial charge in [-0.25, -0.2) is 8.78 Å². The minimum absolute atomic E-state index is 0.121. The average molecular weight is 424 g/mol. The van der Waals surface area contributed by atoms with Crippen LogP contribution < -0.4 is 0 Å². The van der Waals surface area contributed by atoms with Gasteiger partial charge in [0.15, 0.2) is 0 Å². The summed E-state index contributed by atoms with van der Waals surface area (Å²) < 4.78 is 29.5. The lowest BCUT2D eigenvalue weighted by atomic mass is 9.67. The van der Waals surface area contributed by atoms with E-state index in [4.69, 9.17) is 5.10 Å². The second-order valence-electron chi connectivity index (χ2n) is 9.57. The van der Waals surface area contributed by atoms with Gasteiger partial charge in [-0.2, -0.15) is 5.10 Å². The Hall–Kier alpha value is -2.38. The molecule has 1 saturated carbocycles. The summed E-state index contributed by atoms with van der Waals surface area (Å²) >= 11 is 0. The van der Waals surface area contributed by atoms with Gasteiger partial charge < -0.3 is 5.11 Å². The Bertz CT molecular complexity index is 1140. The van der Waals surface area contributed by atoms with Crippen LogP contribution in [-0.4, -0.2) is 50.5 Å². The van der Waals surface area contributed by atoms with E-state index < -0.39 is 18.1 Å². The normalized spacial score (nSPS) is 25.9. The molecular weight excluding hydrogens is 398 g/mol. The minimum Gasteiger partial charge on any atom is -0.378 e. The van der Waals surface area contributed by atoms with E-state index in [-0.39, 0.29) is 5.41 Å². The van der Waals surface area contributed by atoms with Gasteiger partial charge in [0.05, 0.1) is 16.6 Å². The SMILES string of the molecule is OC(N1CCC2(CCn3nc(-c4cnc5ccccc5c4)cc32)C1)C1(C(F)F)CCC1. The van der Waals surface area contributed by atoms with Crippen LogP contribution in [-0.2, 0) is 12.0 Å². The first-order valence-electron chi connectivity index (χ1n) is 11.1. The molecule has 7 heteroatoms. The molecule has 1 aromatic carbocycles. The van der Waals surface area contributed by atoms with Gasteiger partial charge in [-0.1, -0.05) is 24.6 Å². The molecule has 162 valence electrons. The predicted molar refractivity (Wildman–Crippen MR) is 114 cm³/mol. The van der Waals surface area contributed by atoms with Crippen molar-refractivity contribution in [2.75, 3.05) is 13.1 Å². The minimum atomic E-state index is -2.48. The molecule has 31 heavy (non-hydrogen) atoms. The van der Waals surface area contributed by atoms with Gasteiger partial charge in [0.25, 0.3) is 0 Å². The Morgan fingerprint density at radius 3 is 2.61 bits per heavy atom. The number of halogens is 2. The number of nitrogens with zero attached hydrogens (tertiary/aromatic N) is 4. The molecule has 2 fully saturated rings. The van der Waals surface area contributed by atoms with Crippen LogP contribution in [0.5, 0.6) is 0 Å². The third-order valence-corrected chi connectivity index (χ3v) is 7.97. The van der Waals surface area contributed by atoms with Crippen molar-refractivity contribution < 1.29 is 13.9 Å². The molecular formula is C24H26F2N4O. The molecule has 1 spiro atoms. The number of aliphatic hydroxyl groups is 1. The molecule has 3 aromatic rings. The van der Waals surface area contributed by atoms with Crippen molar-refractivity contribution in [3.05, 3.63) is 48.3 Å². The van der Waals surface area contributed by atoms with Gasteiger partial charge in [0.2, 0.25) is 6.43 Å². The predicted octanol–water partition coefficient (Wildman–Crippen LogP) is 4.20. The summed E-state index contributed by atoms with van der Waals surface area (Å²) in [6.07, 6.45) is 1.72. The molecule has 2 atom stereocenters. The number of alkyl halides is 2. The molecule has 0 amide bonds. The molecule has 1 aliphatic carbocycles. The lowest BCUT2D eigenvalue weighted by Crippen LogP contribution is -2.55. The van der Waals surface area contributed by atoms with Gasteiger partial charge in [-0.05, 0) is 43.9 Å². The van der Waals surface area contributed by atoms with E-state index in [1.807, 2.05) is 35.4 Å². The van der Waals surface area contributed by atoms with Crippen molar-refractivity contribution in [2.45, 2.75) is 56.7 Å². The standard InChI is InChI=1S/C24H26F2N4O/c25-21(26)24(6-3-7-24)22(31)29-10-8-23(15-29)9-11-30-20(23)13-19(28-30)17-12-16-4-1-2-5-18(16)27-14-17/h1-2,4-5,12-14,21-22,31H,3,6-11,15H2. The average Bonchev–Trinajstić information content (AvgIpc) is 3.43. The highest BCUT2D eigenvalue weighted by molar-refractivity contribution is 5.82. The summed E-state index contributed by atoms with van der Waals surface area (Å²) in [6, 6.07) is 12.3. The number of fused-ring (bicyclic) bond motifs is 3. The second-order valence-corrected chi connectivity index (χ2v) is 9.57. The number of hydrogen-bond acceptors (Lipinski definition) is 4. The van der Waals surface area contributed by atoms with Crippen LogP contribution in [0.4, 0.5) is 8.78 Å². The Kier molecular flexibility index (Phi) is 4.24. The molecule has 4 heterocycles. The van der Waals surface area contributed by atoms with E-state index in [0.717, 1.165) is 53.7 Å². The van der Waals surface area contributed by atoms with Crippen LogP contribution in [0, 0.1) is 5.41 Å². The van der Waals surface area contributed by atoms with E-state index >= 15 is 0 Å². The maximum absolute atomic E-state index is 13.7. The van der Waals surface area contributed by atoms with E-state index in [2.05, 4.69) is 21.8 Å². The number of aliphatic hydroxyl groups excluding tert-OH is 1. The van der Waals surface area contributed by atoms with Crippen molar-refractivity contribution in [3.8, 4) is 11.3 Å². The smallest absolute Gasteiger partial charge is 0.247 e. The van der Waals surface area contributed by atoms with Crippen molar-refractivity contribution >= 4 is 10.9 Å². The number of rotatable bonds is 4. The largest absolute Gasteiger partial charge is 0.378 e. The fourth-order valence-electron chi connectivity index (χ4n) is 5.88. The summed E-state index contributed by atoms with van der Waals surface area (Å²) in [4.78, 5) is 6.46. The monoisotopic (exact) mass is 424 g/mol. The van der Waals surface area contributed by atoms with Crippen LogP contribution in [0.3, 0.4) is 0 Å². The molecule has 1 saturated heterocycles. The van der Waals surface area contributed by atoms with Gasteiger partial charge in [-0.15, -0.1) is 0 Å². The Morgan fingerprint density at radius 2 is 1.84 bits per heavy atom. The highest BCUT2D eigenvalue weighted by Gasteiger charge is 2.56. The number of pyridine rings is 1. The Labute approximate surface area is 179 Å². The van der Waals surface area contributed by atoms with Gasteiger partial charge >= 0.3 is 0 Å². The molecule has 2 aromatic heterocycles. The van der Waals surface area contributed by atoms with Gasteiger partial charge in [0.1, 0.15) is 6.23 Å². The Balaban J connectivity index is 1.28. The van der Waals surface area contributed by atoms with Crippen molar-refractivity contribution in [1.82, 2.24) is 19.7 Å². The third kappa shape index (κ3) is 2.79. The first-order valence-corrected chi connectivity index (χ1v) is 11.1. The number of hydrogen-bond donors (Lipinski definition) is 1. The lowest BCUT2D eigenvalue weighted by molar-refractivity contribution is -0.188. The highest BCUT2D eigenvalue weighted by Crippen LogP contribution is 2.52. The number of para-hydroxylation sites is 1. The summed E-state index contributed by atoms with van der Waals surface area (Å²) in [5.74, 6) is 0. The molecule has 0 radical (unpaired) electrons. The van der Waals surface area contributed by atoms with Crippen LogP contribution in [0.25, 0.3) is 22.2 Å². The highest BCUT2D eigenvalue weighted by atomic mass is 19.3. The molecule has 5 nitrogen and oxygen atoms in total. The maximum atomic E-state index is 13.7. The number of benzene rings is 1. The summed E-state index contributed by atoms with van der Waals surface area (Å²) in [5, 5.41) is 16.8. The van der Waals surface area contributed by atoms with Crippen LogP contribution in [0.15, 0.2) is 42.6 Å². The first-order chi connectivity index (χ1) is 15.0.